The van der Waals surface area contributed by atoms with Crippen LogP contribution < -0.4 is 4.90 Å². The number of carbonyl (C=O) groups excluding carboxylic acids is 1. The van der Waals surface area contributed by atoms with E-state index in [1.165, 1.54) is 13.1 Å². The number of hydrogen-bond acceptors (Lipinski definition) is 3. The van der Waals surface area contributed by atoms with Gasteiger partial charge in [-0.2, -0.15) is 0 Å². The third-order valence-corrected chi connectivity index (χ3v) is 5.60. The monoisotopic (exact) mass is 304 g/mol. The number of fused-ring (bicyclic) bond motifs is 3. The molecule has 2 N–H and O–H groups in total. The molecule has 0 aliphatic carbocycles. The first kappa shape index (κ1) is 15.5. The molecule has 3 heterocycles. The Morgan fingerprint density at radius 1 is 1.32 bits per heavy atom. The Bertz CT molecular complexity index is 504. The summed E-state index contributed by atoms with van der Waals surface area (Å²) < 4.78 is 5.91. The molecule has 22 heavy (non-hydrogen) atoms. The number of ether oxygens (including phenoxy) is 1. The fourth-order valence-corrected chi connectivity index (χ4v) is 3.95. The van der Waals surface area contributed by atoms with Crippen LogP contribution in [0.15, 0.2) is 30.3 Å². The number of rotatable bonds is 5. The molecule has 120 valence electrons. The van der Waals surface area contributed by atoms with Gasteiger partial charge in [-0.3, -0.25) is 4.79 Å². The summed E-state index contributed by atoms with van der Waals surface area (Å²) >= 11 is 0. The highest BCUT2D eigenvalue weighted by atomic mass is 16.5. The molecule has 0 amide bonds. The van der Waals surface area contributed by atoms with Crippen molar-refractivity contribution < 1.29 is 19.5 Å². The van der Waals surface area contributed by atoms with E-state index in [0.717, 1.165) is 24.9 Å². The van der Waals surface area contributed by atoms with Crippen LogP contribution >= 0.6 is 0 Å². The van der Waals surface area contributed by atoms with Gasteiger partial charge in [-0.1, -0.05) is 37.3 Å². The lowest BCUT2D eigenvalue weighted by atomic mass is 9.78. The van der Waals surface area contributed by atoms with Crippen LogP contribution in [0.5, 0.6) is 0 Å². The first-order chi connectivity index (χ1) is 10.7. The summed E-state index contributed by atoms with van der Waals surface area (Å²) in [7, 11) is 0. The van der Waals surface area contributed by atoms with Gasteiger partial charge in [-0.25, -0.2) is 0 Å². The van der Waals surface area contributed by atoms with E-state index in [1.54, 1.807) is 4.90 Å². The molecular formula is C18H26NO3+. The third kappa shape index (κ3) is 2.66. The standard InChI is InChI=1S/C18H25NO3/c1-2-18(13-20,15-6-4-3-5-7-15)17(21)22-16-12-19-10-8-14(16)9-11-19/h3-7,14,16,20H,2,8-13H2,1H3/p+1/t16-,18+/m1/s1. The number of aliphatic hydroxyl groups excluding tert-OH is 1. The van der Waals surface area contributed by atoms with Gasteiger partial charge in [0.15, 0.2) is 6.10 Å². The molecule has 4 heteroatoms. The zero-order valence-corrected chi connectivity index (χ0v) is 13.3. The Morgan fingerprint density at radius 3 is 2.50 bits per heavy atom. The molecule has 3 aliphatic rings. The summed E-state index contributed by atoms with van der Waals surface area (Å²) in [6, 6.07) is 9.54. The molecule has 3 saturated heterocycles. The number of aliphatic hydroxyl groups is 1. The molecule has 2 atom stereocenters. The van der Waals surface area contributed by atoms with Crippen LogP contribution in [0.3, 0.4) is 0 Å². The predicted octanol–water partition coefficient (Wildman–Crippen LogP) is 0.547. The maximum absolute atomic E-state index is 12.9. The van der Waals surface area contributed by atoms with Crippen LogP contribution in [-0.4, -0.2) is 43.4 Å². The van der Waals surface area contributed by atoms with Gasteiger partial charge in [0.25, 0.3) is 0 Å². The summed E-state index contributed by atoms with van der Waals surface area (Å²) in [6.45, 7) is 5.07. The molecular weight excluding hydrogens is 278 g/mol. The first-order valence-corrected chi connectivity index (χ1v) is 8.40. The van der Waals surface area contributed by atoms with Crippen molar-refractivity contribution >= 4 is 5.97 Å². The van der Waals surface area contributed by atoms with Gasteiger partial charge < -0.3 is 14.7 Å². The quantitative estimate of drug-likeness (QED) is 0.781. The number of hydrogen-bond donors (Lipinski definition) is 2. The largest absolute Gasteiger partial charge is 0.455 e. The molecule has 0 radical (unpaired) electrons. The maximum atomic E-state index is 12.9. The molecule has 1 aromatic carbocycles. The second-order valence-electron chi connectivity index (χ2n) is 6.70. The molecule has 4 rings (SSSR count). The van der Waals surface area contributed by atoms with Crippen molar-refractivity contribution in [2.75, 3.05) is 26.2 Å². The van der Waals surface area contributed by atoms with Crippen molar-refractivity contribution in [2.45, 2.75) is 37.7 Å². The normalized spacial score (nSPS) is 29.8. The third-order valence-electron chi connectivity index (χ3n) is 5.60. The van der Waals surface area contributed by atoms with E-state index in [4.69, 9.17) is 4.74 Å². The fourth-order valence-electron chi connectivity index (χ4n) is 3.95. The smallest absolute Gasteiger partial charge is 0.319 e. The van der Waals surface area contributed by atoms with E-state index in [9.17, 15) is 9.90 Å². The van der Waals surface area contributed by atoms with Gasteiger partial charge in [0.1, 0.15) is 12.0 Å². The molecule has 0 unspecified atom stereocenters. The summed E-state index contributed by atoms with van der Waals surface area (Å²) in [5, 5.41) is 9.96. The van der Waals surface area contributed by atoms with Crippen LogP contribution in [0.25, 0.3) is 0 Å². The van der Waals surface area contributed by atoms with Crippen molar-refractivity contribution in [3.05, 3.63) is 35.9 Å². The highest BCUT2D eigenvalue weighted by Gasteiger charge is 2.45. The van der Waals surface area contributed by atoms with Crippen molar-refractivity contribution in [1.82, 2.24) is 0 Å². The van der Waals surface area contributed by atoms with Gasteiger partial charge >= 0.3 is 5.97 Å². The average molecular weight is 304 g/mol. The fraction of sp³-hybridized carbons (Fsp3) is 0.611. The zero-order chi connectivity index (χ0) is 15.6. The van der Waals surface area contributed by atoms with Crippen LogP contribution in [0.4, 0.5) is 0 Å². The zero-order valence-electron chi connectivity index (χ0n) is 13.3. The van der Waals surface area contributed by atoms with E-state index in [1.807, 2.05) is 37.3 Å². The van der Waals surface area contributed by atoms with Crippen molar-refractivity contribution in [3.63, 3.8) is 0 Å². The SMILES string of the molecule is CC[C@@](CO)(C(=O)O[C@@H]1C[NH+]2CCC1CC2)c1ccccc1. The van der Waals surface area contributed by atoms with Crippen LogP contribution in [0.1, 0.15) is 31.7 Å². The van der Waals surface area contributed by atoms with E-state index < -0.39 is 5.41 Å². The van der Waals surface area contributed by atoms with E-state index >= 15 is 0 Å². The Balaban J connectivity index is 1.78. The molecule has 3 fully saturated rings. The molecule has 3 aliphatic heterocycles. The van der Waals surface area contributed by atoms with Gasteiger partial charge in [-0.05, 0) is 12.0 Å². The lowest BCUT2D eigenvalue weighted by molar-refractivity contribution is -0.920. The number of nitrogens with one attached hydrogen (secondary N) is 1. The van der Waals surface area contributed by atoms with Gasteiger partial charge in [0.05, 0.1) is 19.7 Å². The van der Waals surface area contributed by atoms with Crippen molar-refractivity contribution in [1.29, 1.82) is 0 Å². The molecule has 4 nitrogen and oxygen atoms in total. The number of benzene rings is 1. The molecule has 0 saturated carbocycles. The minimum Gasteiger partial charge on any atom is -0.455 e. The van der Waals surface area contributed by atoms with E-state index in [2.05, 4.69) is 0 Å². The minimum absolute atomic E-state index is 0.0196. The number of esters is 1. The van der Waals surface area contributed by atoms with Crippen LogP contribution in [0.2, 0.25) is 0 Å². The van der Waals surface area contributed by atoms with Gasteiger partial charge in [-0.15, -0.1) is 0 Å². The average Bonchev–Trinajstić information content (AvgIpc) is 2.58. The van der Waals surface area contributed by atoms with Crippen molar-refractivity contribution in [2.24, 2.45) is 5.92 Å². The number of piperidine rings is 3. The highest BCUT2D eigenvalue weighted by molar-refractivity contribution is 5.83. The molecule has 1 aromatic rings. The Kier molecular flexibility index (Phi) is 4.50. The van der Waals surface area contributed by atoms with E-state index in [-0.39, 0.29) is 18.7 Å². The predicted molar refractivity (Wildman–Crippen MR) is 83.7 cm³/mol. The summed E-state index contributed by atoms with van der Waals surface area (Å²) in [5.74, 6) is 0.243. The number of quaternary nitrogens is 1. The summed E-state index contributed by atoms with van der Waals surface area (Å²) in [4.78, 5) is 14.4. The Hall–Kier alpha value is -1.39. The minimum atomic E-state index is -0.928. The number of carbonyl (C=O) groups is 1. The second-order valence-corrected chi connectivity index (χ2v) is 6.70. The van der Waals surface area contributed by atoms with Crippen LogP contribution in [0, 0.1) is 5.92 Å². The Labute approximate surface area is 132 Å². The lowest BCUT2D eigenvalue weighted by Crippen LogP contribution is -3.16. The molecule has 2 bridgehead atoms. The van der Waals surface area contributed by atoms with E-state index in [0.29, 0.717) is 12.3 Å². The topological polar surface area (TPSA) is 51.0 Å². The van der Waals surface area contributed by atoms with Crippen molar-refractivity contribution in [3.8, 4) is 0 Å². The van der Waals surface area contributed by atoms with Crippen LogP contribution in [-0.2, 0) is 14.9 Å². The summed E-state index contributed by atoms with van der Waals surface area (Å²) in [5.41, 5.74) is -0.0820. The van der Waals surface area contributed by atoms with Gasteiger partial charge in [0.2, 0.25) is 0 Å². The lowest BCUT2D eigenvalue weighted by Gasteiger charge is -2.42. The first-order valence-electron chi connectivity index (χ1n) is 8.40. The molecule has 0 spiro atoms. The molecule has 0 aromatic heterocycles. The maximum Gasteiger partial charge on any atom is 0.319 e. The summed E-state index contributed by atoms with van der Waals surface area (Å²) in [6.07, 6.45) is 2.86. The second kappa shape index (κ2) is 6.39. The highest BCUT2D eigenvalue weighted by Crippen LogP contribution is 2.31. The Morgan fingerprint density at radius 2 is 2.00 bits per heavy atom. The van der Waals surface area contributed by atoms with Gasteiger partial charge in [0, 0.05) is 18.8 Å².